The molecule has 1 unspecified atom stereocenters. The molecule has 1 aliphatic rings. The third-order valence-corrected chi connectivity index (χ3v) is 5.27. The number of nitro groups is 1. The summed E-state index contributed by atoms with van der Waals surface area (Å²) in [5.41, 5.74) is 3.43. The summed E-state index contributed by atoms with van der Waals surface area (Å²) in [7, 11) is 0. The molecule has 0 saturated heterocycles. The highest BCUT2D eigenvalue weighted by molar-refractivity contribution is 8.00. The van der Waals surface area contributed by atoms with E-state index in [-0.39, 0.29) is 16.8 Å². The van der Waals surface area contributed by atoms with Crippen molar-refractivity contribution in [2.24, 2.45) is 0 Å². The average molecular weight is 342 g/mol. The lowest BCUT2D eigenvalue weighted by atomic mass is 10.1. The molecule has 0 bridgehead atoms. The van der Waals surface area contributed by atoms with Crippen molar-refractivity contribution in [1.82, 2.24) is 0 Å². The first-order valence-corrected chi connectivity index (χ1v) is 8.66. The fraction of sp³-hybridized carbons (Fsp3) is 0.278. The van der Waals surface area contributed by atoms with E-state index in [1.165, 1.54) is 29.5 Å². The number of rotatable bonds is 4. The molecule has 0 saturated carbocycles. The SMILES string of the molecule is Cc1cccc2c1N(C(=O)C(C)Sc1ccc([N+](=O)[O-])cc1)CC2. The molecule has 0 radical (unpaired) electrons. The van der Waals surface area contributed by atoms with Crippen LogP contribution in [0.3, 0.4) is 0 Å². The minimum absolute atomic E-state index is 0.0578. The van der Waals surface area contributed by atoms with Crippen molar-refractivity contribution in [2.75, 3.05) is 11.4 Å². The molecule has 2 aromatic carbocycles. The molecule has 1 aliphatic heterocycles. The Labute approximate surface area is 144 Å². The van der Waals surface area contributed by atoms with Gasteiger partial charge in [0.2, 0.25) is 5.91 Å². The summed E-state index contributed by atoms with van der Waals surface area (Å²) >= 11 is 1.43. The summed E-state index contributed by atoms with van der Waals surface area (Å²) in [6.07, 6.45) is 0.887. The average Bonchev–Trinajstić information content (AvgIpc) is 3.00. The van der Waals surface area contributed by atoms with Crippen LogP contribution in [-0.2, 0) is 11.2 Å². The first-order chi connectivity index (χ1) is 11.5. The van der Waals surface area contributed by atoms with Gasteiger partial charge in [0.05, 0.1) is 10.2 Å². The highest BCUT2D eigenvalue weighted by Gasteiger charge is 2.29. The van der Waals surface area contributed by atoms with Gasteiger partial charge in [0, 0.05) is 29.3 Å². The maximum Gasteiger partial charge on any atom is 0.269 e. The molecule has 124 valence electrons. The van der Waals surface area contributed by atoms with E-state index >= 15 is 0 Å². The highest BCUT2D eigenvalue weighted by atomic mass is 32.2. The Morgan fingerprint density at radius 1 is 1.25 bits per heavy atom. The zero-order chi connectivity index (χ0) is 17.3. The van der Waals surface area contributed by atoms with Gasteiger partial charge in [-0.3, -0.25) is 14.9 Å². The maximum atomic E-state index is 12.8. The third kappa shape index (κ3) is 3.14. The number of fused-ring (bicyclic) bond motifs is 1. The zero-order valence-electron chi connectivity index (χ0n) is 13.6. The van der Waals surface area contributed by atoms with Crippen molar-refractivity contribution in [3.05, 3.63) is 63.7 Å². The van der Waals surface area contributed by atoms with E-state index in [1.54, 1.807) is 12.1 Å². The number of anilines is 1. The van der Waals surface area contributed by atoms with Gasteiger partial charge < -0.3 is 4.90 Å². The van der Waals surface area contributed by atoms with Crippen molar-refractivity contribution in [3.63, 3.8) is 0 Å². The van der Waals surface area contributed by atoms with Gasteiger partial charge in [0.1, 0.15) is 0 Å². The number of non-ortho nitro benzene ring substituents is 1. The molecular weight excluding hydrogens is 324 g/mol. The van der Waals surface area contributed by atoms with Crippen molar-refractivity contribution in [1.29, 1.82) is 0 Å². The molecule has 24 heavy (non-hydrogen) atoms. The Kier molecular flexibility index (Phi) is 4.57. The number of nitrogens with zero attached hydrogens (tertiary/aromatic N) is 2. The van der Waals surface area contributed by atoms with E-state index in [0.29, 0.717) is 6.54 Å². The molecule has 0 N–H and O–H groups in total. The Morgan fingerprint density at radius 3 is 2.62 bits per heavy atom. The lowest BCUT2D eigenvalue weighted by Crippen LogP contribution is -2.35. The second-order valence-electron chi connectivity index (χ2n) is 5.83. The highest BCUT2D eigenvalue weighted by Crippen LogP contribution is 2.34. The molecule has 2 aromatic rings. The molecule has 1 heterocycles. The molecule has 5 nitrogen and oxygen atoms in total. The van der Waals surface area contributed by atoms with Crippen LogP contribution in [0.15, 0.2) is 47.4 Å². The van der Waals surface area contributed by atoms with Crippen LogP contribution in [-0.4, -0.2) is 22.6 Å². The Morgan fingerprint density at radius 2 is 1.96 bits per heavy atom. The third-order valence-electron chi connectivity index (χ3n) is 4.17. The normalized spacial score (nSPS) is 14.3. The summed E-state index contributed by atoms with van der Waals surface area (Å²) in [5.74, 6) is 0.0754. The van der Waals surface area contributed by atoms with Crippen LogP contribution in [0.1, 0.15) is 18.1 Å². The topological polar surface area (TPSA) is 63.5 Å². The monoisotopic (exact) mass is 342 g/mol. The van der Waals surface area contributed by atoms with Gasteiger partial charge in [0.25, 0.3) is 5.69 Å². The summed E-state index contributed by atoms with van der Waals surface area (Å²) in [6.45, 7) is 4.62. The summed E-state index contributed by atoms with van der Waals surface area (Å²) in [4.78, 5) is 25.8. The number of amides is 1. The zero-order valence-corrected chi connectivity index (χ0v) is 14.4. The first-order valence-electron chi connectivity index (χ1n) is 7.78. The van der Waals surface area contributed by atoms with Crippen LogP contribution in [0.2, 0.25) is 0 Å². The van der Waals surface area contributed by atoms with Gasteiger partial charge in [0.15, 0.2) is 0 Å². The summed E-state index contributed by atoms with van der Waals surface area (Å²) in [5, 5.41) is 10.5. The van der Waals surface area contributed by atoms with Crippen LogP contribution >= 0.6 is 11.8 Å². The molecule has 0 aromatic heterocycles. The van der Waals surface area contributed by atoms with E-state index < -0.39 is 4.92 Å². The van der Waals surface area contributed by atoms with Crippen molar-refractivity contribution >= 4 is 29.0 Å². The quantitative estimate of drug-likeness (QED) is 0.479. The fourth-order valence-electron chi connectivity index (χ4n) is 2.99. The number of carbonyl (C=O) groups is 1. The minimum atomic E-state index is -0.424. The molecule has 0 spiro atoms. The maximum absolute atomic E-state index is 12.8. The van der Waals surface area contributed by atoms with Gasteiger partial charge in [-0.05, 0) is 43.5 Å². The molecule has 0 fully saturated rings. The molecule has 6 heteroatoms. The molecule has 1 atom stereocenters. The van der Waals surface area contributed by atoms with Gasteiger partial charge in [-0.2, -0.15) is 0 Å². The summed E-state index contributed by atoms with van der Waals surface area (Å²) < 4.78 is 0. The van der Waals surface area contributed by atoms with E-state index in [1.807, 2.05) is 30.9 Å². The predicted molar refractivity (Wildman–Crippen MR) is 95.7 cm³/mol. The lowest BCUT2D eigenvalue weighted by molar-refractivity contribution is -0.384. The predicted octanol–water partition coefficient (Wildman–Crippen LogP) is 3.97. The largest absolute Gasteiger partial charge is 0.311 e. The van der Waals surface area contributed by atoms with E-state index in [2.05, 4.69) is 6.07 Å². The number of para-hydroxylation sites is 1. The lowest BCUT2D eigenvalue weighted by Gasteiger charge is -2.22. The van der Waals surface area contributed by atoms with Crippen LogP contribution < -0.4 is 4.90 Å². The minimum Gasteiger partial charge on any atom is -0.311 e. The number of nitro benzene ring substituents is 1. The van der Waals surface area contributed by atoms with Gasteiger partial charge in [-0.15, -0.1) is 11.8 Å². The molecule has 3 rings (SSSR count). The number of hydrogen-bond donors (Lipinski definition) is 0. The smallest absolute Gasteiger partial charge is 0.269 e. The number of aryl methyl sites for hydroxylation is 1. The van der Waals surface area contributed by atoms with E-state index in [4.69, 9.17) is 0 Å². The van der Waals surface area contributed by atoms with Crippen LogP contribution in [0.4, 0.5) is 11.4 Å². The van der Waals surface area contributed by atoms with Crippen LogP contribution in [0.25, 0.3) is 0 Å². The molecular formula is C18H18N2O3S. The molecule has 0 aliphatic carbocycles. The van der Waals surface area contributed by atoms with Gasteiger partial charge in [-0.25, -0.2) is 0 Å². The second kappa shape index (κ2) is 6.65. The van der Waals surface area contributed by atoms with Gasteiger partial charge >= 0.3 is 0 Å². The van der Waals surface area contributed by atoms with Crippen molar-refractivity contribution in [3.8, 4) is 0 Å². The number of hydrogen-bond acceptors (Lipinski definition) is 4. The standard InChI is InChI=1S/C18H18N2O3S/c1-12-4-3-5-14-10-11-19(17(12)14)18(21)13(2)24-16-8-6-15(7-9-16)20(22)23/h3-9,13H,10-11H2,1-2H3. The van der Waals surface area contributed by atoms with E-state index in [9.17, 15) is 14.9 Å². The van der Waals surface area contributed by atoms with Crippen molar-refractivity contribution in [2.45, 2.75) is 30.4 Å². The van der Waals surface area contributed by atoms with Gasteiger partial charge in [-0.1, -0.05) is 18.2 Å². The number of thioether (sulfide) groups is 1. The second-order valence-corrected chi connectivity index (χ2v) is 7.25. The number of carbonyl (C=O) groups excluding carboxylic acids is 1. The fourth-order valence-corrected chi connectivity index (χ4v) is 3.92. The van der Waals surface area contributed by atoms with E-state index in [0.717, 1.165) is 22.6 Å². The van der Waals surface area contributed by atoms with Crippen LogP contribution in [0.5, 0.6) is 0 Å². The molecule has 1 amide bonds. The van der Waals surface area contributed by atoms with Crippen LogP contribution in [0, 0.1) is 17.0 Å². The Hall–Kier alpha value is -2.34. The summed E-state index contributed by atoms with van der Waals surface area (Å²) in [6, 6.07) is 12.4. The Balaban J connectivity index is 1.73. The first kappa shape index (κ1) is 16.5. The van der Waals surface area contributed by atoms with Crippen molar-refractivity contribution < 1.29 is 9.72 Å². The Bertz CT molecular complexity index is 789. The number of benzene rings is 2.